The van der Waals surface area contributed by atoms with Crippen LogP contribution in [-0.2, 0) is 9.59 Å². The van der Waals surface area contributed by atoms with Crippen molar-refractivity contribution in [2.24, 2.45) is 5.92 Å². The highest BCUT2D eigenvalue weighted by Gasteiger charge is 2.21. The molecule has 0 unspecified atom stereocenters. The molecule has 0 spiro atoms. The van der Waals surface area contributed by atoms with Gasteiger partial charge in [-0.1, -0.05) is 26.7 Å². The highest BCUT2D eigenvalue weighted by atomic mass is 16.2. The van der Waals surface area contributed by atoms with E-state index in [9.17, 15) is 9.59 Å². The van der Waals surface area contributed by atoms with E-state index in [0.29, 0.717) is 18.5 Å². The van der Waals surface area contributed by atoms with Gasteiger partial charge in [0.2, 0.25) is 0 Å². The third-order valence-corrected chi connectivity index (χ3v) is 3.68. The smallest absolute Gasteiger partial charge is 0.253 e. The Kier molecular flexibility index (Phi) is 6.78. The van der Waals surface area contributed by atoms with Gasteiger partial charge >= 0.3 is 0 Å². The SMILES string of the molecule is CC(C)[C@H](C)NCCCCCCN1C(=O)C=CC1=O. The van der Waals surface area contributed by atoms with Crippen molar-refractivity contribution in [1.29, 1.82) is 0 Å². The molecule has 0 fully saturated rings. The monoisotopic (exact) mass is 266 g/mol. The number of rotatable bonds is 9. The van der Waals surface area contributed by atoms with Crippen molar-refractivity contribution >= 4 is 11.8 Å². The minimum absolute atomic E-state index is 0.169. The minimum atomic E-state index is -0.169. The molecule has 1 aliphatic heterocycles. The van der Waals surface area contributed by atoms with Gasteiger partial charge in [-0.05, 0) is 32.2 Å². The summed E-state index contributed by atoms with van der Waals surface area (Å²) in [7, 11) is 0. The van der Waals surface area contributed by atoms with Gasteiger partial charge in [-0.25, -0.2) is 0 Å². The third-order valence-electron chi connectivity index (χ3n) is 3.68. The Morgan fingerprint density at radius 1 is 1.00 bits per heavy atom. The molecule has 1 rings (SSSR count). The first-order chi connectivity index (χ1) is 9.02. The molecule has 2 amide bonds. The Balaban J connectivity index is 1.97. The van der Waals surface area contributed by atoms with Crippen LogP contribution in [0.5, 0.6) is 0 Å². The highest BCUT2D eigenvalue weighted by Crippen LogP contribution is 2.07. The lowest BCUT2D eigenvalue weighted by molar-refractivity contribution is -0.136. The number of carbonyl (C=O) groups excluding carboxylic acids is 2. The van der Waals surface area contributed by atoms with Crippen LogP contribution in [0.1, 0.15) is 46.5 Å². The number of amides is 2. The summed E-state index contributed by atoms with van der Waals surface area (Å²) in [6.07, 6.45) is 6.95. The molecule has 108 valence electrons. The minimum Gasteiger partial charge on any atom is -0.314 e. The quantitative estimate of drug-likeness (QED) is 0.513. The maximum Gasteiger partial charge on any atom is 0.253 e. The van der Waals surface area contributed by atoms with Crippen LogP contribution in [0, 0.1) is 5.92 Å². The Morgan fingerprint density at radius 3 is 2.16 bits per heavy atom. The molecule has 1 atom stereocenters. The van der Waals surface area contributed by atoms with Gasteiger partial charge in [0.25, 0.3) is 11.8 Å². The molecule has 0 aromatic carbocycles. The zero-order chi connectivity index (χ0) is 14.3. The second kappa shape index (κ2) is 8.10. The summed E-state index contributed by atoms with van der Waals surface area (Å²) in [5.41, 5.74) is 0. The predicted molar refractivity (Wildman–Crippen MR) is 76.6 cm³/mol. The summed E-state index contributed by atoms with van der Waals surface area (Å²) in [6, 6.07) is 0.561. The number of hydrogen-bond donors (Lipinski definition) is 1. The fourth-order valence-corrected chi connectivity index (χ4v) is 1.97. The van der Waals surface area contributed by atoms with Gasteiger partial charge in [0.1, 0.15) is 0 Å². The second-order valence-corrected chi connectivity index (χ2v) is 5.56. The van der Waals surface area contributed by atoms with E-state index in [-0.39, 0.29) is 11.8 Å². The molecule has 1 N–H and O–H groups in total. The van der Waals surface area contributed by atoms with E-state index < -0.39 is 0 Å². The molecule has 0 saturated carbocycles. The van der Waals surface area contributed by atoms with Crippen LogP contribution in [0.3, 0.4) is 0 Å². The molecule has 0 bridgehead atoms. The van der Waals surface area contributed by atoms with Gasteiger partial charge in [-0.2, -0.15) is 0 Å². The van der Waals surface area contributed by atoms with Crippen molar-refractivity contribution in [3.8, 4) is 0 Å². The van der Waals surface area contributed by atoms with E-state index in [2.05, 4.69) is 26.1 Å². The van der Waals surface area contributed by atoms with Crippen LogP contribution >= 0.6 is 0 Å². The third kappa shape index (κ3) is 5.55. The fraction of sp³-hybridized carbons (Fsp3) is 0.733. The van der Waals surface area contributed by atoms with Crippen LogP contribution in [0.2, 0.25) is 0 Å². The number of nitrogens with zero attached hydrogens (tertiary/aromatic N) is 1. The molecule has 4 heteroatoms. The highest BCUT2D eigenvalue weighted by molar-refractivity contribution is 6.12. The summed E-state index contributed by atoms with van der Waals surface area (Å²) in [5.74, 6) is 0.328. The van der Waals surface area contributed by atoms with Crippen LogP contribution in [0.15, 0.2) is 12.2 Å². The first-order valence-corrected chi connectivity index (χ1v) is 7.29. The number of carbonyl (C=O) groups is 2. The van der Waals surface area contributed by atoms with E-state index in [1.807, 2.05) is 0 Å². The van der Waals surface area contributed by atoms with Gasteiger partial charge in [0, 0.05) is 24.7 Å². The zero-order valence-corrected chi connectivity index (χ0v) is 12.3. The molecule has 0 aliphatic carbocycles. The van der Waals surface area contributed by atoms with Gasteiger partial charge in [-0.15, -0.1) is 0 Å². The van der Waals surface area contributed by atoms with Crippen LogP contribution in [0.4, 0.5) is 0 Å². The summed E-state index contributed by atoms with van der Waals surface area (Å²) < 4.78 is 0. The second-order valence-electron chi connectivity index (χ2n) is 5.56. The standard InChI is InChI=1S/C15H26N2O2/c1-12(2)13(3)16-10-6-4-5-7-11-17-14(18)8-9-15(17)19/h8-9,12-13,16H,4-7,10-11H2,1-3H3/t13-/m0/s1. The van der Waals surface area contributed by atoms with Crippen LogP contribution in [0.25, 0.3) is 0 Å². The lowest BCUT2D eigenvalue weighted by Gasteiger charge is -2.17. The number of imide groups is 1. The normalized spacial score (nSPS) is 16.7. The first kappa shape index (κ1) is 15.9. The van der Waals surface area contributed by atoms with Crippen LogP contribution in [-0.4, -0.2) is 35.8 Å². The largest absolute Gasteiger partial charge is 0.314 e. The van der Waals surface area contributed by atoms with Crippen molar-refractivity contribution < 1.29 is 9.59 Å². The maximum atomic E-state index is 11.3. The van der Waals surface area contributed by atoms with Gasteiger partial charge in [-0.3, -0.25) is 14.5 Å². The van der Waals surface area contributed by atoms with Gasteiger partial charge in [0.05, 0.1) is 0 Å². The molecule has 1 aliphatic rings. The molecule has 0 saturated heterocycles. The number of unbranched alkanes of at least 4 members (excludes halogenated alkanes) is 3. The van der Waals surface area contributed by atoms with E-state index in [1.54, 1.807) is 0 Å². The van der Waals surface area contributed by atoms with E-state index in [1.165, 1.54) is 17.1 Å². The molecule has 19 heavy (non-hydrogen) atoms. The van der Waals surface area contributed by atoms with Crippen molar-refractivity contribution in [1.82, 2.24) is 10.2 Å². The lowest BCUT2D eigenvalue weighted by Crippen LogP contribution is -2.31. The summed E-state index contributed by atoms with van der Waals surface area (Å²) >= 11 is 0. The van der Waals surface area contributed by atoms with E-state index in [0.717, 1.165) is 32.2 Å². The predicted octanol–water partition coefficient (Wildman–Crippen LogP) is 2.11. The molecule has 0 aromatic heterocycles. The Bertz CT molecular complexity index is 319. The Hall–Kier alpha value is -1.16. The molecule has 0 radical (unpaired) electrons. The van der Waals surface area contributed by atoms with Crippen molar-refractivity contribution in [3.05, 3.63) is 12.2 Å². The number of nitrogens with one attached hydrogen (secondary N) is 1. The first-order valence-electron chi connectivity index (χ1n) is 7.29. The van der Waals surface area contributed by atoms with Gasteiger partial charge in [0.15, 0.2) is 0 Å². The van der Waals surface area contributed by atoms with Crippen molar-refractivity contribution in [2.45, 2.75) is 52.5 Å². The molecular formula is C15H26N2O2. The molecule has 1 heterocycles. The fourth-order valence-electron chi connectivity index (χ4n) is 1.97. The number of hydrogen-bond acceptors (Lipinski definition) is 3. The molecule has 0 aromatic rings. The average Bonchev–Trinajstić information content (AvgIpc) is 2.68. The molecule has 4 nitrogen and oxygen atoms in total. The maximum absolute atomic E-state index is 11.3. The summed E-state index contributed by atoms with van der Waals surface area (Å²) in [4.78, 5) is 23.9. The van der Waals surface area contributed by atoms with Gasteiger partial charge < -0.3 is 5.32 Å². The topological polar surface area (TPSA) is 49.4 Å². The Morgan fingerprint density at radius 2 is 1.58 bits per heavy atom. The zero-order valence-electron chi connectivity index (χ0n) is 12.3. The van der Waals surface area contributed by atoms with E-state index in [4.69, 9.17) is 0 Å². The Labute approximate surface area is 116 Å². The van der Waals surface area contributed by atoms with Crippen LogP contribution < -0.4 is 5.32 Å². The average molecular weight is 266 g/mol. The lowest BCUT2D eigenvalue weighted by atomic mass is 10.1. The summed E-state index contributed by atoms with van der Waals surface area (Å²) in [5, 5.41) is 3.50. The van der Waals surface area contributed by atoms with E-state index >= 15 is 0 Å². The molecular weight excluding hydrogens is 240 g/mol. The summed E-state index contributed by atoms with van der Waals surface area (Å²) in [6.45, 7) is 8.25. The van der Waals surface area contributed by atoms with Crippen molar-refractivity contribution in [2.75, 3.05) is 13.1 Å². The van der Waals surface area contributed by atoms with Crippen molar-refractivity contribution in [3.63, 3.8) is 0 Å².